The van der Waals surface area contributed by atoms with E-state index in [1.54, 1.807) is 12.1 Å². The highest BCUT2D eigenvalue weighted by molar-refractivity contribution is 9.10. The Balaban J connectivity index is 1.71. The van der Waals surface area contributed by atoms with Crippen molar-refractivity contribution in [1.82, 2.24) is 0 Å². The molecular weight excluding hydrogens is 393 g/mol. The van der Waals surface area contributed by atoms with Crippen molar-refractivity contribution in [2.24, 2.45) is 0 Å². The molecular formula is C22H21BrFNO. The van der Waals surface area contributed by atoms with Gasteiger partial charge in [0, 0.05) is 22.3 Å². The molecule has 0 aliphatic heterocycles. The summed E-state index contributed by atoms with van der Waals surface area (Å²) in [5.74, 6) is 0.575. The minimum atomic E-state index is -0.240. The van der Waals surface area contributed by atoms with Crippen molar-refractivity contribution in [3.05, 3.63) is 93.2 Å². The highest BCUT2D eigenvalue weighted by atomic mass is 79.9. The zero-order chi connectivity index (χ0) is 18.5. The third-order valence-electron chi connectivity index (χ3n) is 4.18. The summed E-state index contributed by atoms with van der Waals surface area (Å²) in [6.07, 6.45) is 0. The van der Waals surface area contributed by atoms with E-state index in [2.05, 4.69) is 59.4 Å². The van der Waals surface area contributed by atoms with Gasteiger partial charge in [-0.05, 0) is 61.4 Å². The van der Waals surface area contributed by atoms with Gasteiger partial charge >= 0.3 is 0 Å². The molecule has 3 rings (SSSR count). The number of rotatable bonds is 6. The van der Waals surface area contributed by atoms with E-state index in [1.807, 2.05) is 12.1 Å². The standard InChI is InChI=1S/C22H21BrFNO/c1-15-3-9-21(16(2)11-15)25-13-18-12-19(23)6-10-22(18)26-14-17-4-7-20(24)8-5-17/h3-12,25H,13-14H2,1-2H3. The Morgan fingerprint density at radius 2 is 1.73 bits per heavy atom. The van der Waals surface area contributed by atoms with Crippen molar-refractivity contribution in [3.63, 3.8) is 0 Å². The van der Waals surface area contributed by atoms with Crippen LogP contribution in [0, 0.1) is 19.7 Å². The summed E-state index contributed by atoms with van der Waals surface area (Å²) in [7, 11) is 0. The van der Waals surface area contributed by atoms with Crippen molar-refractivity contribution in [3.8, 4) is 5.75 Å². The van der Waals surface area contributed by atoms with Gasteiger partial charge in [-0.25, -0.2) is 4.39 Å². The maximum atomic E-state index is 13.0. The second kappa shape index (κ2) is 8.37. The van der Waals surface area contributed by atoms with Gasteiger partial charge in [0.1, 0.15) is 18.2 Å². The van der Waals surface area contributed by atoms with Crippen molar-refractivity contribution in [2.75, 3.05) is 5.32 Å². The van der Waals surface area contributed by atoms with E-state index < -0.39 is 0 Å². The lowest BCUT2D eigenvalue weighted by molar-refractivity contribution is 0.303. The summed E-state index contributed by atoms with van der Waals surface area (Å²) < 4.78 is 20.0. The Bertz CT molecular complexity index is 893. The molecule has 0 bridgehead atoms. The number of anilines is 1. The van der Waals surface area contributed by atoms with Gasteiger partial charge in [0.2, 0.25) is 0 Å². The molecule has 0 aromatic heterocycles. The average molecular weight is 414 g/mol. The first kappa shape index (κ1) is 18.5. The van der Waals surface area contributed by atoms with Gasteiger partial charge in [-0.1, -0.05) is 45.8 Å². The van der Waals surface area contributed by atoms with Crippen LogP contribution in [0.4, 0.5) is 10.1 Å². The molecule has 0 aliphatic carbocycles. The van der Waals surface area contributed by atoms with Crippen LogP contribution in [-0.2, 0) is 13.2 Å². The lowest BCUT2D eigenvalue weighted by atomic mass is 10.1. The second-order valence-corrected chi connectivity index (χ2v) is 7.25. The summed E-state index contributed by atoms with van der Waals surface area (Å²) in [5.41, 5.74) is 5.57. The highest BCUT2D eigenvalue weighted by Gasteiger charge is 2.07. The third kappa shape index (κ3) is 4.85. The van der Waals surface area contributed by atoms with E-state index in [0.717, 1.165) is 27.0 Å². The molecule has 0 saturated carbocycles. The molecule has 3 aromatic rings. The minimum absolute atomic E-state index is 0.240. The smallest absolute Gasteiger partial charge is 0.124 e. The monoisotopic (exact) mass is 413 g/mol. The fraction of sp³-hybridized carbons (Fsp3) is 0.182. The molecule has 26 heavy (non-hydrogen) atoms. The molecule has 0 fully saturated rings. The first-order valence-electron chi connectivity index (χ1n) is 8.48. The minimum Gasteiger partial charge on any atom is -0.489 e. The Kier molecular flexibility index (Phi) is 5.94. The SMILES string of the molecule is Cc1ccc(NCc2cc(Br)ccc2OCc2ccc(F)cc2)c(C)c1. The Hall–Kier alpha value is -2.33. The lowest BCUT2D eigenvalue weighted by Gasteiger charge is -2.15. The zero-order valence-corrected chi connectivity index (χ0v) is 16.4. The zero-order valence-electron chi connectivity index (χ0n) is 14.9. The van der Waals surface area contributed by atoms with Crippen LogP contribution in [-0.4, -0.2) is 0 Å². The van der Waals surface area contributed by atoms with Gasteiger partial charge < -0.3 is 10.1 Å². The normalized spacial score (nSPS) is 10.6. The maximum absolute atomic E-state index is 13.0. The molecule has 0 amide bonds. The number of aryl methyl sites for hydroxylation is 2. The van der Waals surface area contributed by atoms with Crippen LogP contribution in [0.2, 0.25) is 0 Å². The van der Waals surface area contributed by atoms with E-state index in [-0.39, 0.29) is 5.82 Å². The predicted molar refractivity (Wildman–Crippen MR) is 108 cm³/mol. The topological polar surface area (TPSA) is 21.3 Å². The van der Waals surface area contributed by atoms with Gasteiger partial charge in [0.15, 0.2) is 0 Å². The number of benzene rings is 3. The van der Waals surface area contributed by atoms with Crippen LogP contribution >= 0.6 is 15.9 Å². The molecule has 0 unspecified atom stereocenters. The van der Waals surface area contributed by atoms with Crippen molar-refractivity contribution < 1.29 is 9.13 Å². The van der Waals surface area contributed by atoms with Crippen LogP contribution in [0.25, 0.3) is 0 Å². The molecule has 0 heterocycles. The van der Waals surface area contributed by atoms with E-state index in [4.69, 9.17) is 4.74 Å². The third-order valence-corrected chi connectivity index (χ3v) is 4.67. The van der Waals surface area contributed by atoms with E-state index in [1.165, 1.54) is 23.3 Å². The van der Waals surface area contributed by atoms with Crippen LogP contribution in [0.15, 0.2) is 65.1 Å². The largest absolute Gasteiger partial charge is 0.489 e. The average Bonchev–Trinajstić information content (AvgIpc) is 2.61. The van der Waals surface area contributed by atoms with Gasteiger partial charge in [0.05, 0.1) is 0 Å². The quantitative estimate of drug-likeness (QED) is 0.504. The molecule has 3 aromatic carbocycles. The van der Waals surface area contributed by atoms with Gasteiger partial charge in [-0.2, -0.15) is 0 Å². The Labute approximate surface area is 162 Å². The summed E-state index contributed by atoms with van der Waals surface area (Å²) in [5, 5.41) is 3.48. The maximum Gasteiger partial charge on any atom is 0.124 e. The number of ether oxygens (including phenoxy) is 1. The molecule has 0 spiro atoms. The molecule has 0 aliphatic rings. The molecule has 1 N–H and O–H groups in total. The van der Waals surface area contributed by atoms with Gasteiger partial charge in [0.25, 0.3) is 0 Å². The van der Waals surface area contributed by atoms with Crippen LogP contribution < -0.4 is 10.1 Å². The second-order valence-electron chi connectivity index (χ2n) is 6.34. The molecule has 0 saturated heterocycles. The van der Waals surface area contributed by atoms with E-state index in [0.29, 0.717) is 13.2 Å². The fourth-order valence-corrected chi connectivity index (χ4v) is 3.18. The van der Waals surface area contributed by atoms with E-state index in [9.17, 15) is 4.39 Å². The summed E-state index contributed by atoms with van der Waals surface area (Å²) >= 11 is 3.53. The number of hydrogen-bond acceptors (Lipinski definition) is 2. The number of hydrogen-bond donors (Lipinski definition) is 1. The molecule has 134 valence electrons. The van der Waals surface area contributed by atoms with Crippen molar-refractivity contribution in [2.45, 2.75) is 27.0 Å². The first-order valence-corrected chi connectivity index (χ1v) is 9.27. The van der Waals surface area contributed by atoms with Crippen molar-refractivity contribution in [1.29, 1.82) is 0 Å². The number of nitrogens with one attached hydrogen (secondary N) is 1. The fourth-order valence-electron chi connectivity index (χ4n) is 2.77. The molecule has 0 atom stereocenters. The molecule has 2 nitrogen and oxygen atoms in total. The Morgan fingerprint density at radius 3 is 2.46 bits per heavy atom. The van der Waals surface area contributed by atoms with Crippen molar-refractivity contribution >= 4 is 21.6 Å². The first-order chi connectivity index (χ1) is 12.5. The lowest BCUT2D eigenvalue weighted by Crippen LogP contribution is -2.05. The van der Waals surface area contributed by atoms with E-state index >= 15 is 0 Å². The predicted octanol–water partition coefficient (Wildman–Crippen LogP) is 6.40. The number of halogens is 2. The van der Waals surface area contributed by atoms with Crippen LogP contribution in [0.5, 0.6) is 5.75 Å². The highest BCUT2D eigenvalue weighted by Crippen LogP contribution is 2.26. The summed E-state index contributed by atoms with van der Waals surface area (Å²) in [4.78, 5) is 0. The summed E-state index contributed by atoms with van der Waals surface area (Å²) in [6, 6.07) is 18.7. The van der Waals surface area contributed by atoms with Crippen LogP contribution in [0.1, 0.15) is 22.3 Å². The summed E-state index contributed by atoms with van der Waals surface area (Å²) in [6.45, 7) is 5.25. The van der Waals surface area contributed by atoms with Crippen LogP contribution in [0.3, 0.4) is 0 Å². The van der Waals surface area contributed by atoms with Gasteiger partial charge in [-0.3, -0.25) is 0 Å². The molecule has 4 heteroatoms. The van der Waals surface area contributed by atoms with Gasteiger partial charge in [-0.15, -0.1) is 0 Å². The Morgan fingerprint density at radius 1 is 0.962 bits per heavy atom. The molecule has 0 radical (unpaired) electrons.